The van der Waals surface area contributed by atoms with Crippen LogP contribution in [-0.2, 0) is 22.6 Å². The summed E-state index contributed by atoms with van der Waals surface area (Å²) in [5.41, 5.74) is 1.67. The van der Waals surface area contributed by atoms with Gasteiger partial charge in [-0.3, -0.25) is 9.59 Å². The summed E-state index contributed by atoms with van der Waals surface area (Å²) in [6.07, 6.45) is 0.719. The highest BCUT2D eigenvalue weighted by Crippen LogP contribution is 2.15. The summed E-state index contributed by atoms with van der Waals surface area (Å²) in [5.74, 6) is -0.666. The molecule has 1 atom stereocenters. The van der Waals surface area contributed by atoms with Gasteiger partial charge in [-0.15, -0.1) is 0 Å². The highest BCUT2D eigenvalue weighted by molar-refractivity contribution is 5.88. The van der Waals surface area contributed by atoms with Crippen LogP contribution in [0.2, 0.25) is 0 Å². The zero-order valence-electron chi connectivity index (χ0n) is 14.5. The zero-order chi connectivity index (χ0) is 18.2. The molecule has 0 aromatic heterocycles. The smallest absolute Gasteiger partial charge is 0.242 e. The number of halogens is 1. The summed E-state index contributed by atoms with van der Waals surface area (Å²) in [6.45, 7) is 2.13. The molecule has 4 nitrogen and oxygen atoms in total. The largest absolute Gasteiger partial charge is 0.357 e. The normalized spacial score (nSPS) is 11.6. The number of carbonyl (C=O) groups is 2. The summed E-state index contributed by atoms with van der Waals surface area (Å²) >= 11 is 0. The fourth-order valence-electron chi connectivity index (χ4n) is 2.74. The van der Waals surface area contributed by atoms with Crippen LogP contribution >= 0.6 is 0 Å². The van der Waals surface area contributed by atoms with Crippen LogP contribution < -0.4 is 5.32 Å². The Morgan fingerprint density at radius 1 is 1.04 bits per heavy atom. The van der Waals surface area contributed by atoms with Crippen molar-refractivity contribution >= 4 is 11.8 Å². The van der Waals surface area contributed by atoms with Gasteiger partial charge in [0.1, 0.15) is 11.9 Å². The van der Waals surface area contributed by atoms with E-state index in [0.29, 0.717) is 6.42 Å². The third-order valence-corrected chi connectivity index (χ3v) is 4.10. The molecule has 0 aliphatic heterocycles. The van der Waals surface area contributed by atoms with Crippen molar-refractivity contribution in [3.05, 3.63) is 71.5 Å². The highest BCUT2D eigenvalue weighted by Gasteiger charge is 2.27. The van der Waals surface area contributed by atoms with E-state index < -0.39 is 6.04 Å². The molecule has 2 aromatic carbocycles. The predicted octanol–water partition coefficient (Wildman–Crippen LogP) is 2.92. The Bertz CT molecular complexity index is 701. The third kappa shape index (κ3) is 5.14. The standard InChI is InChI=1S/C20H23FN2O2/c1-3-18(20(25)22-2)23(14-16-9-11-17(21)12-10-16)19(24)13-15-7-5-4-6-8-15/h4-12,18H,3,13-14H2,1-2H3,(H,22,25)/t18-/m0/s1. The molecule has 1 N–H and O–H groups in total. The van der Waals surface area contributed by atoms with Crippen LogP contribution in [0.4, 0.5) is 4.39 Å². The van der Waals surface area contributed by atoms with Crippen molar-refractivity contribution in [3.8, 4) is 0 Å². The fraction of sp³-hybridized carbons (Fsp3) is 0.300. The van der Waals surface area contributed by atoms with E-state index in [1.807, 2.05) is 37.3 Å². The maximum absolute atomic E-state index is 13.1. The van der Waals surface area contributed by atoms with Gasteiger partial charge in [0, 0.05) is 13.6 Å². The van der Waals surface area contributed by atoms with Crippen LogP contribution in [0, 0.1) is 5.82 Å². The van der Waals surface area contributed by atoms with E-state index in [0.717, 1.165) is 11.1 Å². The molecule has 0 unspecified atom stereocenters. The predicted molar refractivity (Wildman–Crippen MR) is 95.2 cm³/mol. The van der Waals surface area contributed by atoms with Crippen LogP contribution in [0.5, 0.6) is 0 Å². The molecule has 0 aliphatic carbocycles. The molecule has 0 radical (unpaired) electrons. The van der Waals surface area contributed by atoms with Crippen LogP contribution in [-0.4, -0.2) is 29.8 Å². The molecule has 5 heteroatoms. The number of nitrogens with zero attached hydrogens (tertiary/aromatic N) is 1. The van der Waals surface area contributed by atoms with Gasteiger partial charge >= 0.3 is 0 Å². The van der Waals surface area contributed by atoms with Crippen LogP contribution in [0.15, 0.2) is 54.6 Å². The van der Waals surface area contributed by atoms with E-state index in [1.165, 1.54) is 12.1 Å². The van der Waals surface area contributed by atoms with Gasteiger partial charge in [-0.25, -0.2) is 4.39 Å². The summed E-state index contributed by atoms with van der Waals surface area (Å²) in [6, 6.07) is 14.8. The number of hydrogen-bond acceptors (Lipinski definition) is 2. The number of nitrogens with one attached hydrogen (secondary N) is 1. The molecule has 0 saturated heterocycles. The molecule has 2 amide bonds. The SMILES string of the molecule is CC[C@@H](C(=O)NC)N(Cc1ccc(F)cc1)C(=O)Cc1ccccc1. The first-order valence-corrected chi connectivity index (χ1v) is 8.34. The zero-order valence-corrected chi connectivity index (χ0v) is 14.5. The van der Waals surface area contributed by atoms with Gasteiger partial charge in [0.25, 0.3) is 0 Å². The second-order valence-corrected chi connectivity index (χ2v) is 5.85. The number of amides is 2. The second-order valence-electron chi connectivity index (χ2n) is 5.85. The van der Waals surface area contributed by atoms with Crippen molar-refractivity contribution in [2.45, 2.75) is 32.4 Å². The molecular weight excluding hydrogens is 319 g/mol. The average Bonchev–Trinajstić information content (AvgIpc) is 2.63. The van der Waals surface area contributed by atoms with Crippen molar-refractivity contribution in [3.63, 3.8) is 0 Å². The number of likely N-dealkylation sites (N-methyl/N-ethyl adjacent to an activating group) is 1. The molecule has 0 aliphatic rings. The van der Waals surface area contributed by atoms with Crippen molar-refractivity contribution in [1.82, 2.24) is 10.2 Å². The number of benzene rings is 2. The lowest BCUT2D eigenvalue weighted by Gasteiger charge is -2.30. The molecule has 0 bridgehead atoms. The van der Waals surface area contributed by atoms with Gasteiger partial charge in [-0.05, 0) is 29.7 Å². The van der Waals surface area contributed by atoms with Gasteiger partial charge in [-0.2, -0.15) is 0 Å². The topological polar surface area (TPSA) is 49.4 Å². The Morgan fingerprint density at radius 2 is 1.68 bits per heavy atom. The number of carbonyl (C=O) groups excluding carboxylic acids is 2. The lowest BCUT2D eigenvalue weighted by Crippen LogP contribution is -2.48. The fourth-order valence-corrected chi connectivity index (χ4v) is 2.74. The van der Waals surface area contributed by atoms with E-state index in [2.05, 4.69) is 5.32 Å². The number of rotatable bonds is 7. The van der Waals surface area contributed by atoms with E-state index >= 15 is 0 Å². The summed E-state index contributed by atoms with van der Waals surface area (Å²) < 4.78 is 13.1. The average molecular weight is 342 g/mol. The highest BCUT2D eigenvalue weighted by atomic mass is 19.1. The monoisotopic (exact) mass is 342 g/mol. The molecule has 132 valence electrons. The van der Waals surface area contributed by atoms with Gasteiger partial charge in [-0.1, -0.05) is 49.4 Å². The molecule has 0 fully saturated rings. The molecule has 2 aromatic rings. The minimum absolute atomic E-state index is 0.133. The molecule has 2 rings (SSSR count). The Balaban J connectivity index is 2.25. The first kappa shape index (κ1) is 18.6. The first-order valence-electron chi connectivity index (χ1n) is 8.34. The van der Waals surface area contributed by atoms with Crippen LogP contribution in [0.25, 0.3) is 0 Å². The second kappa shape index (κ2) is 8.97. The Morgan fingerprint density at radius 3 is 2.24 bits per heavy atom. The molecule has 0 heterocycles. The minimum Gasteiger partial charge on any atom is -0.357 e. The van der Waals surface area contributed by atoms with Gasteiger partial charge in [0.05, 0.1) is 6.42 Å². The number of hydrogen-bond donors (Lipinski definition) is 1. The lowest BCUT2D eigenvalue weighted by molar-refractivity contribution is -0.140. The summed E-state index contributed by atoms with van der Waals surface area (Å²) in [5, 5.41) is 2.62. The third-order valence-electron chi connectivity index (χ3n) is 4.10. The van der Waals surface area contributed by atoms with E-state index in [4.69, 9.17) is 0 Å². The maximum atomic E-state index is 13.1. The van der Waals surface area contributed by atoms with Gasteiger partial charge in [0.15, 0.2) is 0 Å². The molecule has 25 heavy (non-hydrogen) atoms. The first-order chi connectivity index (χ1) is 12.0. The minimum atomic E-state index is -0.564. The quantitative estimate of drug-likeness (QED) is 0.841. The Kier molecular flexibility index (Phi) is 6.69. The van der Waals surface area contributed by atoms with Crippen LogP contribution in [0.3, 0.4) is 0 Å². The van der Waals surface area contributed by atoms with Crippen molar-refractivity contribution in [2.75, 3.05) is 7.05 Å². The van der Waals surface area contributed by atoms with Crippen molar-refractivity contribution in [2.24, 2.45) is 0 Å². The van der Waals surface area contributed by atoms with E-state index in [9.17, 15) is 14.0 Å². The van der Waals surface area contributed by atoms with Crippen molar-refractivity contribution in [1.29, 1.82) is 0 Å². The maximum Gasteiger partial charge on any atom is 0.242 e. The van der Waals surface area contributed by atoms with E-state index in [1.54, 1.807) is 24.1 Å². The van der Waals surface area contributed by atoms with E-state index in [-0.39, 0.29) is 30.6 Å². The van der Waals surface area contributed by atoms with Crippen LogP contribution in [0.1, 0.15) is 24.5 Å². The lowest BCUT2D eigenvalue weighted by atomic mass is 10.1. The van der Waals surface area contributed by atoms with Gasteiger partial charge < -0.3 is 10.2 Å². The van der Waals surface area contributed by atoms with Crippen molar-refractivity contribution < 1.29 is 14.0 Å². The molecule has 0 saturated carbocycles. The molecule has 0 spiro atoms. The van der Waals surface area contributed by atoms with Gasteiger partial charge in [0.2, 0.25) is 11.8 Å². The summed E-state index contributed by atoms with van der Waals surface area (Å²) in [7, 11) is 1.56. The molecular formula is C20H23FN2O2. The Hall–Kier alpha value is -2.69. The summed E-state index contributed by atoms with van der Waals surface area (Å²) in [4.78, 5) is 26.7. The Labute approximate surface area is 147 Å².